The van der Waals surface area contributed by atoms with E-state index >= 15 is 0 Å². The first kappa shape index (κ1) is 16.9. The van der Waals surface area contributed by atoms with Gasteiger partial charge in [-0.25, -0.2) is 14.4 Å². The Hall–Kier alpha value is -1.98. The Morgan fingerprint density at radius 3 is 2.25 bits per heavy atom. The second kappa shape index (κ2) is 6.87. The van der Waals surface area contributed by atoms with Crippen LogP contribution in [0.3, 0.4) is 0 Å². The maximum absolute atomic E-state index is 13.1. The van der Waals surface area contributed by atoms with Crippen molar-refractivity contribution in [2.45, 2.75) is 13.8 Å². The Balaban J connectivity index is 1.99. The second-order valence-corrected chi connectivity index (χ2v) is 6.75. The van der Waals surface area contributed by atoms with E-state index in [0.717, 1.165) is 21.3 Å². The van der Waals surface area contributed by atoms with Crippen molar-refractivity contribution in [3.8, 4) is 11.4 Å². The van der Waals surface area contributed by atoms with Crippen molar-refractivity contribution in [1.29, 1.82) is 0 Å². The summed E-state index contributed by atoms with van der Waals surface area (Å²) in [6.45, 7) is 4.04. The molecule has 0 unspecified atom stereocenters. The van der Waals surface area contributed by atoms with Crippen molar-refractivity contribution in [3.05, 3.63) is 69.0 Å². The molecule has 2 aromatic carbocycles. The lowest BCUT2D eigenvalue weighted by atomic mass is 10.1. The van der Waals surface area contributed by atoms with Gasteiger partial charge in [0.2, 0.25) is 0 Å². The maximum Gasteiger partial charge on any atom is 0.163 e. The van der Waals surface area contributed by atoms with Crippen LogP contribution < -0.4 is 5.32 Å². The monoisotopic (exact) mass is 405 g/mol. The van der Waals surface area contributed by atoms with Crippen LogP contribution in [0.25, 0.3) is 11.4 Å². The van der Waals surface area contributed by atoms with Crippen molar-refractivity contribution in [1.82, 2.24) is 9.97 Å². The van der Waals surface area contributed by atoms with Crippen LogP contribution in [0.15, 0.2) is 46.9 Å². The molecule has 0 radical (unpaired) electrons. The number of halogens is 3. The van der Waals surface area contributed by atoms with Crippen LogP contribution in [0.2, 0.25) is 5.15 Å². The SMILES string of the molecule is Cc1cc(Br)cc(C)c1Nc1cc(Cl)nc(-c2ccc(F)cc2)n1. The van der Waals surface area contributed by atoms with Gasteiger partial charge in [-0.15, -0.1) is 0 Å². The Labute approximate surface area is 153 Å². The smallest absolute Gasteiger partial charge is 0.163 e. The lowest BCUT2D eigenvalue weighted by molar-refractivity contribution is 0.628. The van der Waals surface area contributed by atoms with Gasteiger partial charge in [0.1, 0.15) is 16.8 Å². The van der Waals surface area contributed by atoms with Crippen molar-refractivity contribution >= 4 is 39.0 Å². The highest BCUT2D eigenvalue weighted by molar-refractivity contribution is 9.10. The molecule has 24 heavy (non-hydrogen) atoms. The van der Waals surface area contributed by atoms with Crippen molar-refractivity contribution in [2.75, 3.05) is 5.32 Å². The fourth-order valence-corrected chi connectivity index (χ4v) is 3.32. The van der Waals surface area contributed by atoms with Crippen LogP contribution in [0.5, 0.6) is 0 Å². The lowest BCUT2D eigenvalue weighted by Gasteiger charge is -2.14. The zero-order chi connectivity index (χ0) is 17.3. The van der Waals surface area contributed by atoms with Crippen LogP contribution in [0, 0.1) is 19.7 Å². The molecule has 1 N–H and O–H groups in total. The molecule has 6 heteroatoms. The van der Waals surface area contributed by atoms with Gasteiger partial charge in [-0.05, 0) is 61.4 Å². The Morgan fingerprint density at radius 1 is 1.00 bits per heavy atom. The zero-order valence-electron chi connectivity index (χ0n) is 13.1. The predicted molar refractivity (Wildman–Crippen MR) is 99.3 cm³/mol. The van der Waals surface area contributed by atoms with Gasteiger partial charge in [-0.1, -0.05) is 27.5 Å². The number of nitrogens with zero attached hydrogens (tertiary/aromatic N) is 2. The summed E-state index contributed by atoms with van der Waals surface area (Å²) in [5.41, 5.74) is 3.84. The summed E-state index contributed by atoms with van der Waals surface area (Å²) >= 11 is 9.62. The van der Waals surface area contributed by atoms with E-state index in [0.29, 0.717) is 22.4 Å². The number of aryl methyl sites for hydroxylation is 2. The third-order valence-electron chi connectivity index (χ3n) is 3.55. The molecule has 1 aromatic heterocycles. The molecule has 0 fully saturated rings. The van der Waals surface area contributed by atoms with Gasteiger partial charge in [0.25, 0.3) is 0 Å². The highest BCUT2D eigenvalue weighted by Gasteiger charge is 2.09. The van der Waals surface area contributed by atoms with E-state index in [1.54, 1.807) is 18.2 Å². The van der Waals surface area contributed by atoms with Gasteiger partial charge >= 0.3 is 0 Å². The number of benzene rings is 2. The third kappa shape index (κ3) is 3.74. The summed E-state index contributed by atoms with van der Waals surface area (Å²) in [4.78, 5) is 8.71. The molecule has 0 amide bonds. The van der Waals surface area contributed by atoms with Gasteiger partial charge in [-0.3, -0.25) is 0 Å². The minimum atomic E-state index is -0.305. The molecule has 0 saturated heterocycles. The van der Waals surface area contributed by atoms with Gasteiger partial charge in [-0.2, -0.15) is 0 Å². The van der Waals surface area contributed by atoms with E-state index in [-0.39, 0.29) is 5.82 Å². The van der Waals surface area contributed by atoms with Gasteiger partial charge < -0.3 is 5.32 Å². The quantitative estimate of drug-likeness (QED) is 0.537. The number of anilines is 2. The first-order valence-electron chi connectivity index (χ1n) is 7.26. The fourth-order valence-electron chi connectivity index (χ4n) is 2.45. The van der Waals surface area contributed by atoms with Gasteiger partial charge in [0, 0.05) is 21.8 Å². The number of rotatable bonds is 3. The molecule has 0 spiro atoms. The molecule has 3 nitrogen and oxygen atoms in total. The highest BCUT2D eigenvalue weighted by atomic mass is 79.9. The summed E-state index contributed by atoms with van der Waals surface area (Å²) in [7, 11) is 0. The van der Waals surface area contributed by atoms with Crippen LogP contribution in [0.1, 0.15) is 11.1 Å². The number of nitrogens with one attached hydrogen (secondary N) is 1. The molecule has 0 aliphatic heterocycles. The molecule has 3 aromatic rings. The van der Waals surface area contributed by atoms with Crippen molar-refractivity contribution in [3.63, 3.8) is 0 Å². The summed E-state index contributed by atoms with van der Waals surface area (Å²) in [5.74, 6) is 0.723. The molecule has 0 aliphatic rings. The van der Waals surface area contributed by atoms with Crippen LogP contribution >= 0.6 is 27.5 Å². The van der Waals surface area contributed by atoms with Crippen LogP contribution in [-0.4, -0.2) is 9.97 Å². The van der Waals surface area contributed by atoms with Crippen LogP contribution in [0.4, 0.5) is 15.9 Å². The minimum Gasteiger partial charge on any atom is -0.340 e. The first-order valence-corrected chi connectivity index (χ1v) is 8.44. The number of hydrogen-bond acceptors (Lipinski definition) is 3. The van der Waals surface area contributed by atoms with Gasteiger partial charge in [0.05, 0.1) is 0 Å². The Bertz CT molecular complexity index is 874. The van der Waals surface area contributed by atoms with Crippen molar-refractivity contribution < 1.29 is 4.39 Å². The van der Waals surface area contributed by atoms with Crippen molar-refractivity contribution in [2.24, 2.45) is 0 Å². The summed E-state index contributed by atoms with van der Waals surface area (Å²) < 4.78 is 14.1. The fraction of sp³-hybridized carbons (Fsp3) is 0.111. The topological polar surface area (TPSA) is 37.8 Å². The van der Waals surface area contributed by atoms with E-state index in [2.05, 4.69) is 31.2 Å². The highest BCUT2D eigenvalue weighted by Crippen LogP contribution is 2.29. The normalized spacial score (nSPS) is 10.7. The molecule has 0 bridgehead atoms. The predicted octanol–water partition coefficient (Wildman–Crippen LogP) is 6.06. The molecular formula is C18H14BrClFN3. The molecule has 0 saturated carbocycles. The summed E-state index contributed by atoms with van der Waals surface area (Å²) in [6.07, 6.45) is 0. The number of aromatic nitrogens is 2. The van der Waals surface area contributed by atoms with E-state index in [1.807, 2.05) is 26.0 Å². The van der Waals surface area contributed by atoms with E-state index in [4.69, 9.17) is 11.6 Å². The molecule has 3 rings (SSSR count). The van der Waals surface area contributed by atoms with E-state index in [1.165, 1.54) is 12.1 Å². The second-order valence-electron chi connectivity index (χ2n) is 5.45. The number of hydrogen-bond donors (Lipinski definition) is 1. The third-order valence-corrected chi connectivity index (χ3v) is 4.20. The first-order chi connectivity index (χ1) is 11.4. The average Bonchev–Trinajstić information content (AvgIpc) is 2.51. The standard InChI is InChI=1S/C18H14BrClFN3/c1-10-7-13(19)8-11(2)17(10)23-16-9-15(20)22-18(24-16)12-3-5-14(21)6-4-12/h3-9H,1-2H3,(H,22,23,24). The molecule has 1 heterocycles. The molecular weight excluding hydrogens is 393 g/mol. The van der Waals surface area contributed by atoms with E-state index in [9.17, 15) is 4.39 Å². The minimum absolute atomic E-state index is 0.305. The summed E-state index contributed by atoms with van der Waals surface area (Å²) in [5, 5.41) is 3.62. The average molecular weight is 407 g/mol. The largest absolute Gasteiger partial charge is 0.340 e. The maximum atomic E-state index is 13.1. The Morgan fingerprint density at radius 2 is 1.62 bits per heavy atom. The molecule has 122 valence electrons. The summed E-state index contributed by atoms with van der Waals surface area (Å²) in [6, 6.07) is 11.7. The lowest BCUT2D eigenvalue weighted by Crippen LogP contribution is -2.01. The van der Waals surface area contributed by atoms with E-state index < -0.39 is 0 Å². The zero-order valence-corrected chi connectivity index (χ0v) is 15.4. The van der Waals surface area contributed by atoms with Gasteiger partial charge in [0.15, 0.2) is 5.82 Å². The molecule has 0 aliphatic carbocycles. The van der Waals surface area contributed by atoms with Crippen LogP contribution in [-0.2, 0) is 0 Å². The Kier molecular flexibility index (Phi) is 4.83. The molecule has 0 atom stereocenters.